The first-order chi connectivity index (χ1) is 7.36. The zero-order valence-corrected chi connectivity index (χ0v) is 8.49. The first-order valence-corrected chi connectivity index (χ1v) is 5.23. The second-order valence-corrected chi connectivity index (χ2v) is 3.67. The summed E-state index contributed by atoms with van der Waals surface area (Å²) in [6, 6.07) is 0.556. The zero-order valence-electron chi connectivity index (χ0n) is 8.49. The quantitative estimate of drug-likeness (QED) is 0.634. The molecule has 1 saturated heterocycles. The Hall–Kier alpha value is -1.43. The van der Waals surface area contributed by atoms with Crippen LogP contribution in [0.15, 0.2) is 6.33 Å². The van der Waals surface area contributed by atoms with Gasteiger partial charge in [-0.2, -0.15) is 5.10 Å². The summed E-state index contributed by atoms with van der Waals surface area (Å²) in [4.78, 5) is 15.2. The molecule has 2 heterocycles. The summed E-state index contributed by atoms with van der Waals surface area (Å²) >= 11 is 0. The Bertz CT molecular complexity index is 304. The molecule has 0 unspecified atom stereocenters. The minimum absolute atomic E-state index is 0.189. The van der Waals surface area contributed by atoms with Crippen LogP contribution in [0.3, 0.4) is 0 Å². The van der Waals surface area contributed by atoms with Gasteiger partial charge in [0.2, 0.25) is 5.82 Å². The molecule has 0 aromatic carbocycles. The van der Waals surface area contributed by atoms with Crippen LogP contribution in [0.2, 0.25) is 0 Å². The number of amides is 1. The summed E-state index contributed by atoms with van der Waals surface area (Å²) in [5.41, 5.74) is 0. The van der Waals surface area contributed by atoms with Gasteiger partial charge in [-0.15, -0.1) is 0 Å². The molecule has 6 heteroatoms. The number of carbonyl (C=O) groups excluding carboxylic acids is 1. The van der Waals surface area contributed by atoms with Gasteiger partial charge < -0.3 is 10.6 Å². The Kier molecular flexibility index (Phi) is 3.29. The topological polar surface area (TPSA) is 82.7 Å². The van der Waals surface area contributed by atoms with E-state index in [1.807, 2.05) is 0 Å². The van der Waals surface area contributed by atoms with Crippen LogP contribution in [0.5, 0.6) is 0 Å². The van der Waals surface area contributed by atoms with Crippen molar-refractivity contribution in [3.63, 3.8) is 0 Å². The highest BCUT2D eigenvalue weighted by Gasteiger charge is 2.14. The van der Waals surface area contributed by atoms with Crippen molar-refractivity contribution in [3.05, 3.63) is 12.2 Å². The second kappa shape index (κ2) is 4.88. The highest BCUT2D eigenvalue weighted by Crippen LogP contribution is 2.07. The van der Waals surface area contributed by atoms with Crippen LogP contribution in [0.1, 0.15) is 29.9 Å². The maximum absolute atomic E-state index is 11.4. The fourth-order valence-corrected chi connectivity index (χ4v) is 1.76. The predicted molar refractivity (Wildman–Crippen MR) is 54.4 cm³/mol. The van der Waals surface area contributed by atoms with E-state index in [-0.39, 0.29) is 11.7 Å². The predicted octanol–water partition coefficient (Wildman–Crippen LogP) is -0.323. The van der Waals surface area contributed by atoms with Crippen molar-refractivity contribution in [2.45, 2.75) is 25.3 Å². The lowest BCUT2D eigenvalue weighted by molar-refractivity contribution is 0.0942. The van der Waals surface area contributed by atoms with Crippen LogP contribution in [-0.4, -0.2) is 40.2 Å². The number of nitrogens with zero attached hydrogens (tertiary/aromatic N) is 2. The third-order valence-electron chi connectivity index (χ3n) is 2.57. The number of carbonyl (C=O) groups is 1. The summed E-state index contributed by atoms with van der Waals surface area (Å²) in [6.07, 6.45) is 4.74. The Labute approximate surface area is 87.9 Å². The molecule has 0 saturated carbocycles. The maximum Gasteiger partial charge on any atom is 0.288 e. The van der Waals surface area contributed by atoms with Gasteiger partial charge >= 0.3 is 0 Å². The van der Waals surface area contributed by atoms with E-state index in [1.54, 1.807) is 0 Å². The van der Waals surface area contributed by atoms with Gasteiger partial charge in [-0.1, -0.05) is 0 Å². The SMILES string of the molecule is O=C(NCC[C@H]1CCCN1)c1ncn[nH]1. The molecule has 1 aliphatic rings. The van der Waals surface area contributed by atoms with Crippen LogP contribution in [-0.2, 0) is 0 Å². The number of aromatic amines is 1. The average Bonchev–Trinajstić information content (AvgIpc) is 2.90. The van der Waals surface area contributed by atoms with E-state index in [4.69, 9.17) is 0 Å². The van der Waals surface area contributed by atoms with Crippen molar-refractivity contribution in [3.8, 4) is 0 Å². The van der Waals surface area contributed by atoms with Gasteiger partial charge in [0, 0.05) is 12.6 Å². The molecule has 1 aromatic rings. The Morgan fingerprint density at radius 2 is 2.60 bits per heavy atom. The molecule has 1 aliphatic heterocycles. The molecule has 0 spiro atoms. The van der Waals surface area contributed by atoms with Crippen LogP contribution in [0.4, 0.5) is 0 Å². The van der Waals surface area contributed by atoms with E-state index in [9.17, 15) is 4.79 Å². The van der Waals surface area contributed by atoms with E-state index in [0.29, 0.717) is 12.6 Å². The molecule has 0 radical (unpaired) electrons. The van der Waals surface area contributed by atoms with Crippen molar-refractivity contribution in [2.75, 3.05) is 13.1 Å². The smallest absolute Gasteiger partial charge is 0.288 e. The maximum atomic E-state index is 11.4. The lowest BCUT2D eigenvalue weighted by Gasteiger charge is -2.09. The molecule has 1 fully saturated rings. The first-order valence-electron chi connectivity index (χ1n) is 5.23. The number of nitrogens with one attached hydrogen (secondary N) is 3. The Morgan fingerprint density at radius 1 is 1.67 bits per heavy atom. The van der Waals surface area contributed by atoms with Gasteiger partial charge in [0.25, 0.3) is 5.91 Å². The Balaban J connectivity index is 1.67. The summed E-state index contributed by atoms with van der Waals surface area (Å²) in [7, 11) is 0. The van der Waals surface area contributed by atoms with E-state index in [1.165, 1.54) is 19.2 Å². The second-order valence-electron chi connectivity index (χ2n) is 3.67. The molecular weight excluding hydrogens is 194 g/mol. The third kappa shape index (κ3) is 2.76. The fourth-order valence-electron chi connectivity index (χ4n) is 1.76. The lowest BCUT2D eigenvalue weighted by atomic mass is 10.1. The number of aromatic nitrogens is 3. The van der Waals surface area contributed by atoms with E-state index in [0.717, 1.165) is 13.0 Å². The van der Waals surface area contributed by atoms with E-state index < -0.39 is 0 Å². The number of rotatable bonds is 4. The normalized spacial score (nSPS) is 20.4. The number of hydrogen-bond donors (Lipinski definition) is 3. The summed E-state index contributed by atoms with van der Waals surface area (Å²) in [5.74, 6) is 0.0832. The van der Waals surface area contributed by atoms with E-state index in [2.05, 4.69) is 25.8 Å². The molecule has 0 aliphatic carbocycles. The van der Waals surface area contributed by atoms with Crippen LogP contribution < -0.4 is 10.6 Å². The van der Waals surface area contributed by atoms with Gasteiger partial charge in [-0.25, -0.2) is 4.98 Å². The summed E-state index contributed by atoms with van der Waals surface area (Å²) < 4.78 is 0. The largest absolute Gasteiger partial charge is 0.349 e. The highest BCUT2D eigenvalue weighted by atomic mass is 16.2. The molecule has 1 amide bonds. The molecular formula is C9H15N5O. The van der Waals surface area contributed by atoms with E-state index >= 15 is 0 Å². The minimum Gasteiger partial charge on any atom is -0.349 e. The number of H-pyrrole nitrogens is 1. The standard InChI is InChI=1S/C9H15N5O/c15-9(8-12-6-13-14-8)11-5-3-7-2-1-4-10-7/h6-7,10H,1-5H2,(H,11,15)(H,12,13,14)/t7-/m1/s1. The van der Waals surface area contributed by atoms with Crippen LogP contribution in [0, 0.1) is 0 Å². The molecule has 15 heavy (non-hydrogen) atoms. The zero-order chi connectivity index (χ0) is 10.5. The summed E-state index contributed by atoms with van der Waals surface area (Å²) in [5, 5.41) is 12.3. The molecule has 6 nitrogen and oxygen atoms in total. The molecule has 1 atom stereocenters. The molecule has 1 aromatic heterocycles. The third-order valence-corrected chi connectivity index (χ3v) is 2.57. The van der Waals surface area contributed by atoms with Crippen molar-refractivity contribution < 1.29 is 4.79 Å². The van der Waals surface area contributed by atoms with Crippen LogP contribution >= 0.6 is 0 Å². The first kappa shape index (κ1) is 10.1. The molecule has 3 N–H and O–H groups in total. The molecule has 0 bridgehead atoms. The molecule has 2 rings (SSSR count). The minimum atomic E-state index is -0.189. The monoisotopic (exact) mass is 209 g/mol. The fraction of sp³-hybridized carbons (Fsp3) is 0.667. The van der Waals surface area contributed by atoms with Gasteiger partial charge in [-0.3, -0.25) is 9.89 Å². The van der Waals surface area contributed by atoms with Crippen molar-refractivity contribution in [1.82, 2.24) is 25.8 Å². The average molecular weight is 209 g/mol. The summed E-state index contributed by atoms with van der Waals surface area (Å²) in [6.45, 7) is 1.78. The van der Waals surface area contributed by atoms with Gasteiger partial charge in [0.1, 0.15) is 6.33 Å². The van der Waals surface area contributed by atoms with Crippen LogP contribution in [0.25, 0.3) is 0 Å². The number of hydrogen-bond acceptors (Lipinski definition) is 4. The lowest BCUT2D eigenvalue weighted by Crippen LogP contribution is -2.31. The molecule has 82 valence electrons. The van der Waals surface area contributed by atoms with Crippen molar-refractivity contribution in [1.29, 1.82) is 0 Å². The van der Waals surface area contributed by atoms with Crippen molar-refractivity contribution >= 4 is 5.91 Å². The highest BCUT2D eigenvalue weighted by molar-refractivity contribution is 5.90. The van der Waals surface area contributed by atoms with Gasteiger partial charge in [0.15, 0.2) is 0 Å². The van der Waals surface area contributed by atoms with Crippen molar-refractivity contribution in [2.24, 2.45) is 0 Å². The Morgan fingerprint density at radius 3 is 3.27 bits per heavy atom. The van der Waals surface area contributed by atoms with Gasteiger partial charge in [0.05, 0.1) is 0 Å². The van der Waals surface area contributed by atoms with Gasteiger partial charge in [-0.05, 0) is 25.8 Å².